The van der Waals surface area contributed by atoms with Crippen molar-refractivity contribution in [1.82, 2.24) is 0 Å². The molecule has 0 radical (unpaired) electrons. The fraction of sp³-hybridized carbons (Fsp3) is 0.350. The van der Waals surface area contributed by atoms with Crippen LogP contribution in [0.3, 0.4) is 0 Å². The Morgan fingerprint density at radius 1 is 1.03 bits per heavy atom. The van der Waals surface area contributed by atoms with E-state index in [1.807, 2.05) is 24.3 Å². The van der Waals surface area contributed by atoms with E-state index < -0.39 is 21.7 Å². The average molecular weight is 444 g/mol. The minimum atomic E-state index is -4.43. The molecule has 0 atom stereocenters. The second kappa shape index (κ2) is 10.0. The molecule has 0 amide bonds. The van der Waals surface area contributed by atoms with Gasteiger partial charge in [0.05, 0.1) is 25.3 Å². The van der Waals surface area contributed by atoms with Crippen molar-refractivity contribution in [3.8, 4) is 11.5 Å². The molecular weight excluding hydrogens is 419 g/mol. The summed E-state index contributed by atoms with van der Waals surface area (Å²) >= 11 is 0. The van der Waals surface area contributed by atoms with Gasteiger partial charge in [-0.3, -0.25) is 0 Å². The van der Waals surface area contributed by atoms with Crippen molar-refractivity contribution in [3.63, 3.8) is 0 Å². The zero-order chi connectivity index (χ0) is 21.1. The van der Waals surface area contributed by atoms with Gasteiger partial charge in [0.15, 0.2) is 0 Å². The molecule has 1 aliphatic rings. The number of rotatable bonds is 6. The van der Waals surface area contributed by atoms with Crippen LogP contribution in [0.25, 0.3) is 0 Å². The van der Waals surface area contributed by atoms with Crippen molar-refractivity contribution in [2.45, 2.75) is 18.3 Å². The number of benzene rings is 2. The molecule has 0 bridgehead atoms. The number of nitrogens with two attached hydrogens (primary N) is 1. The number of nitrogens with zero attached hydrogens (tertiary/aromatic N) is 1. The molecule has 158 valence electrons. The van der Waals surface area contributed by atoms with E-state index in [9.17, 15) is 13.2 Å². The minimum absolute atomic E-state index is 0. The molecule has 2 aromatic carbocycles. The maximum atomic E-state index is 12.9. The molecule has 2 N–H and O–H groups in total. The Kier molecular flexibility index (Phi) is 8.18. The van der Waals surface area contributed by atoms with Crippen molar-refractivity contribution >= 4 is 51.5 Å². The summed E-state index contributed by atoms with van der Waals surface area (Å²) in [7, 11) is -1.29. The van der Waals surface area contributed by atoms with Gasteiger partial charge in [0, 0.05) is 13.1 Å². The molecule has 1 aliphatic heterocycles. The number of methoxy groups -OCH3 is 2. The van der Waals surface area contributed by atoms with Crippen LogP contribution in [0.4, 0.5) is 5.69 Å². The number of hydrogen-bond acceptors (Lipinski definition) is 7. The summed E-state index contributed by atoms with van der Waals surface area (Å²) in [5.41, 5.74) is 0.388. The molecule has 30 heavy (non-hydrogen) atoms. The van der Waals surface area contributed by atoms with Gasteiger partial charge in [0.2, 0.25) is 0 Å². The maximum absolute atomic E-state index is 12.9. The third kappa shape index (κ3) is 5.28. The second-order valence-electron chi connectivity index (χ2n) is 6.84. The van der Waals surface area contributed by atoms with Gasteiger partial charge in [-0.05, 0) is 42.7 Å². The van der Waals surface area contributed by atoms with E-state index in [0.717, 1.165) is 11.4 Å². The van der Waals surface area contributed by atoms with E-state index in [2.05, 4.69) is 9.08 Å². The molecule has 2 aromatic rings. The summed E-state index contributed by atoms with van der Waals surface area (Å²) in [6.07, 6.45) is 0.680. The Bertz CT molecular complexity index is 990. The molecule has 0 aromatic heterocycles. The number of carbonyl (C=O) groups is 1. The molecule has 1 heterocycles. The van der Waals surface area contributed by atoms with Crippen molar-refractivity contribution in [3.05, 3.63) is 54.1 Å². The number of ether oxygens (including phenoxy) is 2. The first-order valence-corrected chi connectivity index (χ1v) is 10.6. The summed E-state index contributed by atoms with van der Waals surface area (Å²) in [5, 5.41) is 4.97. The molecule has 10 heteroatoms. The number of para-hydroxylation sites is 2. The Labute approximate surface area is 198 Å². The number of hydrogen-bond donors (Lipinski definition) is 1. The van der Waals surface area contributed by atoms with Crippen LogP contribution in [0.2, 0.25) is 0 Å². The monoisotopic (exact) mass is 444 g/mol. The van der Waals surface area contributed by atoms with Gasteiger partial charge in [0.1, 0.15) is 11.5 Å². The average Bonchev–Trinajstić information content (AvgIpc) is 2.72. The van der Waals surface area contributed by atoms with Crippen LogP contribution in [0.15, 0.2) is 48.5 Å². The van der Waals surface area contributed by atoms with Crippen LogP contribution >= 0.6 is 0 Å². The van der Waals surface area contributed by atoms with Gasteiger partial charge in [-0.15, -0.1) is 0 Å². The number of carbonyl (C=O) groups excluding carboxylic acids is 1. The summed E-state index contributed by atoms with van der Waals surface area (Å²) < 4.78 is 38.2. The van der Waals surface area contributed by atoms with Crippen molar-refractivity contribution in [1.29, 1.82) is 0 Å². The first-order chi connectivity index (χ1) is 13.8. The van der Waals surface area contributed by atoms with E-state index >= 15 is 0 Å². The van der Waals surface area contributed by atoms with Crippen LogP contribution in [0, 0.1) is 0 Å². The van der Waals surface area contributed by atoms with E-state index in [1.165, 1.54) is 7.11 Å². The van der Waals surface area contributed by atoms with Gasteiger partial charge >= 0.3 is 45.8 Å². The molecular formula is C20H25N2NaO6S. The van der Waals surface area contributed by atoms with Crippen LogP contribution in [-0.2, 0) is 24.7 Å². The molecule has 0 unspecified atom stereocenters. The zero-order valence-electron chi connectivity index (χ0n) is 16.3. The first kappa shape index (κ1) is 24.5. The summed E-state index contributed by atoms with van der Waals surface area (Å²) in [6, 6.07) is 14.6. The van der Waals surface area contributed by atoms with Gasteiger partial charge in [-0.25, -0.2) is 4.79 Å². The van der Waals surface area contributed by atoms with Crippen LogP contribution in [-0.4, -0.2) is 71.3 Å². The molecule has 1 fully saturated rings. The predicted molar refractivity (Wildman–Crippen MR) is 115 cm³/mol. The number of piperidine rings is 1. The molecule has 1 saturated heterocycles. The summed E-state index contributed by atoms with van der Waals surface area (Å²) in [4.78, 5) is 15.0. The van der Waals surface area contributed by atoms with Gasteiger partial charge < -0.3 is 18.6 Å². The molecule has 0 saturated carbocycles. The van der Waals surface area contributed by atoms with Crippen molar-refractivity contribution < 1.29 is 26.9 Å². The summed E-state index contributed by atoms with van der Waals surface area (Å²) in [6.45, 7) is 0.995. The SMILES string of the molecule is COc1cccc(C2(C(=O)OS(N)(=O)=O)CCN(c3ccccc3OC)CC2)c1.[NaH]. The van der Waals surface area contributed by atoms with Crippen LogP contribution in [0.5, 0.6) is 11.5 Å². The first-order valence-electron chi connectivity index (χ1n) is 9.08. The third-order valence-electron chi connectivity index (χ3n) is 5.25. The summed E-state index contributed by atoms with van der Waals surface area (Å²) in [5.74, 6) is 0.416. The van der Waals surface area contributed by atoms with Crippen LogP contribution < -0.4 is 19.5 Å². The molecule has 0 aliphatic carbocycles. The Hall–Kier alpha value is -1.78. The normalized spacial score (nSPS) is 15.6. The molecule has 8 nitrogen and oxygen atoms in total. The topological polar surface area (TPSA) is 108 Å². The van der Waals surface area contributed by atoms with Gasteiger partial charge in [-0.2, -0.15) is 13.6 Å². The predicted octanol–water partition coefficient (Wildman–Crippen LogP) is 1.34. The molecule has 3 rings (SSSR count). The van der Waals surface area contributed by atoms with Crippen molar-refractivity contribution in [2.75, 3.05) is 32.2 Å². The van der Waals surface area contributed by atoms with E-state index in [1.54, 1.807) is 31.4 Å². The quantitative estimate of drug-likeness (QED) is 0.670. The fourth-order valence-corrected chi connectivity index (χ4v) is 4.11. The third-order valence-corrected chi connectivity index (χ3v) is 5.63. The van der Waals surface area contributed by atoms with E-state index in [0.29, 0.717) is 37.2 Å². The standard InChI is InChI=1S/C20H24N2O6S.Na.H/c1-26-16-7-5-6-15(14-16)20(19(23)28-29(21,24)25)10-12-22(13-11-20)17-8-3-4-9-18(17)27-2;;/h3-9,14H,10-13H2,1-2H3,(H2,21,24,25);;. The van der Waals surface area contributed by atoms with Crippen LogP contribution in [0.1, 0.15) is 18.4 Å². The molecule has 0 spiro atoms. The zero-order valence-corrected chi connectivity index (χ0v) is 17.1. The Balaban J connectivity index is 0.00000320. The Morgan fingerprint density at radius 3 is 2.30 bits per heavy atom. The van der Waals surface area contributed by atoms with E-state index in [4.69, 9.17) is 14.6 Å². The number of anilines is 1. The van der Waals surface area contributed by atoms with E-state index in [-0.39, 0.29) is 29.6 Å². The van der Waals surface area contributed by atoms with Crippen molar-refractivity contribution in [2.24, 2.45) is 5.14 Å². The Morgan fingerprint density at radius 2 is 1.70 bits per heavy atom. The van der Waals surface area contributed by atoms with Gasteiger partial charge in [-0.1, -0.05) is 24.3 Å². The fourth-order valence-electron chi connectivity index (χ4n) is 3.74. The van der Waals surface area contributed by atoms with Gasteiger partial charge in [0.25, 0.3) is 0 Å². The second-order valence-corrected chi connectivity index (χ2v) is 7.99.